The number of carbonyl (C=O) groups excluding carboxylic acids is 2. The van der Waals surface area contributed by atoms with Crippen LogP contribution >= 0.6 is 0 Å². The molecule has 0 aromatic heterocycles. The van der Waals surface area contributed by atoms with Crippen LogP contribution in [0.1, 0.15) is 17.5 Å². The van der Waals surface area contributed by atoms with Crippen LogP contribution in [-0.2, 0) is 9.53 Å². The van der Waals surface area contributed by atoms with Crippen LogP contribution in [0.3, 0.4) is 0 Å². The second kappa shape index (κ2) is 6.64. The molecule has 0 saturated heterocycles. The second-order valence-corrected chi connectivity index (χ2v) is 3.97. The van der Waals surface area contributed by atoms with Crippen molar-refractivity contribution in [2.24, 2.45) is 0 Å². The monoisotopic (exact) mass is 250 g/mol. The minimum atomic E-state index is -0.345. The number of rotatable bonds is 4. The molecule has 5 nitrogen and oxygen atoms in total. The predicted octanol–water partition coefficient (Wildman–Crippen LogP) is 1.99. The molecule has 0 aliphatic rings. The summed E-state index contributed by atoms with van der Waals surface area (Å²) in [6.45, 7) is 4.11. The van der Waals surface area contributed by atoms with Gasteiger partial charge in [-0.2, -0.15) is 0 Å². The van der Waals surface area contributed by atoms with Crippen LogP contribution in [0.5, 0.6) is 0 Å². The number of nitrogens with one attached hydrogen (secondary N) is 2. The molecule has 5 heteroatoms. The minimum absolute atomic E-state index is 0.163. The molecular weight excluding hydrogens is 232 g/mol. The SMILES string of the molecule is COC(=O)CCNC(=O)Nc1c(C)cccc1C. The van der Waals surface area contributed by atoms with Gasteiger partial charge in [0.05, 0.1) is 13.5 Å². The third-order valence-electron chi connectivity index (χ3n) is 2.56. The zero-order valence-electron chi connectivity index (χ0n) is 10.9. The predicted molar refractivity (Wildman–Crippen MR) is 69.6 cm³/mol. The molecule has 1 aromatic carbocycles. The van der Waals surface area contributed by atoms with E-state index in [0.29, 0.717) is 0 Å². The van der Waals surface area contributed by atoms with Gasteiger partial charge < -0.3 is 15.4 Å². The number of ether oxygens (including phenoxy) is 1. The largest absolute Gasteiger partial charge is 0.469 e. The highest BCUT2D eigenvalue weighted by Crippen LogP contribution is 2.18. The van der Waals surface area contributed by atoms with Crippen molar-refractivity contribution >= 4 is 17.7 Å². The van der Waals surface area contributed by atoms with Crippen LogP contribution in [0.25, 0.3) is 0 Å². The molecule has 1 aromatic rings. The summed E-state index contributed by atoms with van der Waals surface area (Å²) < 4.78 is 4.48. The van der Waals surface area contributed by atoms with Crippen molar-refractivity contribution in [2.45, 2.75) is 20.3 Å². The van der Waals surface area contributed by atoms with Gasteiger partial charge in [-0.1, -0.05) is 18.2 Å². The second-order valence-electron chi connectivity index (χ2n) is 3.97. The van der Waals surface area contributed by atoms with E-state index >= 15 is 0 Å². The number of hydrogen-bond donors (Lipinski definition) is 2. The number of aryl methyl sites for hydroxylation is 2. The smallest absolute Gasteiger partial charge is 0.319 e. The summed E-state index contributed by atoms with van der Waals surface area (Å²) in [5.74, 6) is -0.345. The van der Waals surface area contributed by atoms with Crippen molar-refractivity contribution in [1.82, 2.24) is 5.32 Å². The van der Waals surface area contributed by atoms with Crippen molar-refractivity contribution in [3.63, 3.8) is 0 Å². The van der Waals surface area contributed by atoms with Crippen LogP contribution in [0, 0.1) is 13.8 Å². The lowest BCUT2D eigenvalue weighted by Crippen LogP contribution is -2.31. The van der Waals surface area contributed by atoms with Crippen LogP contribution < -0.4 is 10.6 Å². The summed E-state index contributed by atoms with van der Waals surface area (Å²) in [4.78, 5) is 22.5. The van der Waals surface area contributed by atoms with E-state index in [0.717, 1.165) is 16.8 Å². The molecule has 2 N–H and O–H groups in total. The number of urea groups is 1. The Labute approximate surface area is 107 Å². The Balaban J connectivity index is 2.47. The molecule has 0 aliphatic carbocycles. The fraction of sp³-hybridized carbons (Fsp3) is 0.385. The number of esters is 1. The Morgan fingerprint density at radius 1 is 1.22 bits per heavy atom. The number of amides is 2. The Morgan fingerprint density at radius 2 is 1.83 bits per heavy atom. The Bertz CT molecular complexity index is 424. The number of hydrogen-bond acceptors (Lipinski definition) is 3. The maximum atomic E-state index is 11.6. The van der Waals surface area contributed by atoms with Crippen LogP contribution in [0.15, 0.2) is 18.2 Å². The molecule has 1 rings (SSSR count). The van der Waals surface area contributed by atoms with Crippen molar-refractivity contribution in [2.75, 3.05) is 19.0 Å². The molecule has 0 heterocycles. The van der Waals surface area contributed by atoms with E-state index in [1.54, 1.807) is 0 Å². The van der Waals surface area contributed by atoms with Gasteiger partial charge in [0, 0.05) is 12.2 Å². The lowest BCUT2D eigenvalue weighted by molar-refractivity contribution is -0.140. The van der Waals surface area contributed by atoms with Gasteiger partial charge in [0.2, 0.25) is 0 Å². The molecular formula is C13H18N2O3. The quantitative estimate of drug-likeness (QED) is 0.803. The van der Waals surface area contributed by atoms with Gasteiger partial charge in [-0.05, 0) is 25.0 Å². The molecule has 0 unspecified atom stereocenters. The average molecular weight is 250 g/mol. The number of para-hydroxylation sites is 1. The van der Waals surface area contributed by atoms with Crippen molar-refractivity contribution in [3.8, 4) is 0 Å². The van der Waals surface area contributed by atoms with E-state index in [4.69, 9.17) is 0 Å². The lowest BCUT2D eigenvalue weighted by Gasteiger charge is -2.12. The maximum absolute atomic E-state index is 11.6. The zero-order chi connectivity index (χ0) is 13.5. The van der Waals surface area contributed by atoms with Gasteiger partial charge >= 0.3 is 12.0 Å². The first kappa shape index (κ1) is 14.0. The van der Waals surface area contributed by atoms with E-state index in [-0.39, 0.29) is 25.0 Å². The van der Waals surface area contributed by atoms with E-state index in [1.165, 1.54) is 7.11 Å². The summed E-state index contributed by atoms with van der Waals surface area (Å²) in [6, 6.07) is 5.47. The summed E-state index contributed by atoms with van der Waals surface area (Å²) in [5.41, 5.74) is 2.80. The highest BCUT2D eigenvalue weighted by molar-refractivity contribution is 5.91. The first-order chi connectivity index (χ1) is 8.54. The number of benzene rings is 1. The van der Waals surface area contributed by atoms with Crippen molar-refractivity contribution < 1.29 is 14.3 Å². The standard InChI is InChI=1S/C13H18N2O3/c1-9-5-4-6-10(2)12(9)15-13(17)14-8-7-11(16)18-3/h4-6H,7-8H2,1-3H3,(H2,14,15,17). The molecule has 18 heavy (non-hydrogen) atoms. The van der Waals surface area contributed by atoms with Gasteiger partial charge in [-0.25, -0.2) is 4.79 Å². The zero-order valence-corrected chi connectivity index (χ0v) is 10.9. The molecule has 0 radical (unpaired) electrons. The first-order valence-electron chi connectivity index (χ1n) is 5.72. The number of anilines is 1. The summed E-state index contributed by atoms with van der Waals surface area (Å²) in [6.07, 6.45) is 0.163. The maximum Gasteiger partial charge on any atom is 0.319 e. The summed E-state index contributed by atoms with van der Waals surface area (Å²) >= 11 is 0. The topological polar surface area (TPSA) is 67.4 Å². The highest BCUT2D eigenvalue weighted by Gasteiger charge is 2.07. The fourth-order valence-corrected chi connectivity index (χ4v) is 1.55. The molecule has 0 bridgehead atoms. The third kappa shape index (κ3) is 4.08. The molecule has 0 aliphatic heterocycles. The Hall–Kier alpha value is -2.04. The molecule has 0 fully saturated rings. The Morgan fingerprint density at radius 3 is 2.39 bits per heavy atom. The van der Waals surface area contributed by atoms with Gasteiger partial charge in [0.1, 0.15) is 0 Å². The van der Waals surface area contributed by atoms with Crippen molar-refractivity contribution in [3.05, 3.63) is 29.3 Å². The summed E-state index contributed by atoms with van der Waals surface area (Å²) in [5, 5.41) is 5.37. The third-order valence-corrected chi connectivity index (χ3v) is 2.56. The first-order valence-corrected chi connectivity index (χ1v) is 5.72. The summed E-state index contributed by atoms with van der Waals surface area (Å²) in [7, 11) is 1.32. The van der Waals surface area contributed by atoms with Gasteiger partial charge in [0.15, 0.2) is 0 Å². The lowest BCUT2D eigenvalue weighted by atomic mass is 10.1. The van der Waals surface area contributed by atoms with Crippen LogP contribution in [0.4, 0.5) is 10.5 Å². The molecule has 2 amide bonds. The number of methoxy groups -OCH3 is 1. The normalized spacial score (nSPS) is 9.72. The molecule has 0 atom stereocenters. The van der Waals surface area contributed by atoms with Gasteiger partial charge in [-0.3, -0.25) is 4.79 Å². The number of carbonyl (C=O) groups is 2. The Kier molecular flexibility index (Phi) is 5.17. The van der Waals surface area contributed by atoms with Gasteiger partial charge in [-0.15, -0.1) is 0 Å². The fourth-order valence-electron chi connectivity index (χ4n) is 1.55. The van der Waals surface area contributed by atoms with E-state index in [2.05, 4.69) is 15.4 Å². The van der Waals surface area contributed by atoms with Crippen LogP contribution in [-0.4, -0.2) is 25.7 Å². The molecule has 98 valence electrons. The van der Waals surface area contributed by atoms with E-state index in [9.17, 15) is 9.59 Å². The van der Waals surface area contributed by atoms with Crippen LogP contribution in [0.2, 0.25) is 0 Å². The molecule has 0 saturated carbocycles. The van der Waals surface area contributed by atoms with E-state index < -0.39 is 0 Å². The highest BCUT2D eigenvalue weighted by atomic mass is 16.5. The average Bonchev–Trinajstić information content (AvgIpc) is 2.34. The van der Waals surface area contributed by atoms with Gasteiger partial charge in [0.25, 0.3) is 0 Å². The minimum Gasteiger partial charge on any atom is -0.469 e. The molecule has 0 spiro atoms. The van der Waals surface area contributed by atoms with E-state index in [1.807, 2.05) is 32.0 Å². The van der Waals surface area contributed by atoms with Crippen molar-refractivity contribution in [1.29, 1.82) is 0 Å².